The Morgan fingerprint density at radius 1 is 1.29 bits per heavy atom. The van der Waals surface area contributed by atoms with Gasteiger partial charge in [0, 0.05) is 19.0 Å². The van der Waals surface area contributed by atoms with Crippen LogP contribution in [0.4, 0.5) is 0 Å². The van der Waals surface area contributed by atoms with Crippen LogP contribution in [0.3, 0.4) is 0 Å². The van der Waals surface area contributed by atoms with Crippen molar-refractivity contribution < 1.29 is 14.5 Å². The number of nitrogens with one attached hydrogen (secondary N) is 2. The van der Waals surface area contributed by atoms with Crippen LogP contribution in [0.1, 0.15) is 51.1 Å². The van der Waals surface area contributed by atoms with Crippen molar-refractivity contribution in [2.75, 3.05) is 26.7 Å². The summed E-state index contributed by atoms with van der Waals surface area (Å²) in [6, 6.07) is 8.46. The minimum absolute atomic E-state index is 0.00655. The molecule has 2 aromatic rings. The van der Waals surface area contributed by atoms with Crippen LogP contribution in [-0.2, 0) is 9.59 Å². The molecule has 152 valence electrons. The van der Waals surface area contributed by atoms with E-state index in [9.17, 15) is 9.59 Å². The van der Waals surface area contributed by atoms with Crippen LogP contribution in [0.2, 0.25) is 0 Å². The number of amides is 2. The number of para-hydroxylation sites is 1. The number of hydrogen-bond donors (Lipinski definition) is 2. The average Bonchev–Trinajstić information content (AvgIpc) is 3.04. The molecule has 0 spiro atoms. The molecular weight excluding hydrogens is 372 g/mol. The summed E-state index contributed by atoms with van der Waals surface area (Å²) in [5.74, 6) is -0.119. The SMILES string of the molecule is CN(CC(=O)NC(C)(C)C)C(=O)C[NH+]1CCCC[C@@H]1c1nc2ccccc2s1. The molecule has 28 heavy (non-hydrogen) atoms. The molecule has 1 saturated heterocycles. The van der Waals surface area contributed by atoms with Crippen molar-refractivity contribution in [3.63, 3.8) is 0 Å². The number of aromatic nitrogens is 1. The molecule has 0 radical (unpaired) electrons. The van der Waals surface area contributed by atoms with Crippen molar-refractivity contribution in [3.05, 3.63) is 29.3 Å². The number of rotatable bonds is 5. The first-order valence-electron chi connectivity index (χ1n) is 9.98. The molecule has 1 aliphatic heterocycles. The van der Waals surface area contributed by atoms with E-state index >= 15 is 0 Å². The summed E-state index contributed by atoms with van der Waals surface area (Å²) in [7, 11) is 1.71. The van der Waals surface area contributed by atoms with Gasteiger partial charge in [-0.05, 0) is 45.7 Å². The van der Waals surface area contributed by atoms with E-state index in [0.717, 1.165) is 29.9 Å². The van der Waals surface area contributed by atoms with Crippen LogP contribution in [0.15, 0.2) is 24.3 Å². The highest BCUT2D eigenvalue weighted by molar-refractivity contribution is 7.18. The number of carbonyl (C=O) groups is 2. The Morgan fingerprint density at radius 2 is 2.04 bits per heavy atom. The number of fused-ring (bicyclic) bond motifs is 1. The maximum atomic E-state index is 12.8. The molecule has 2 heterocycles. The smallest absolute Gasteiger partial charge is 0.277 e. The average molecular weight is 404 g/mol. The molecule has 2 atom stereocenters. The van der Waals surface area contributed by atoms with Crippen molar-refractivity contribution in [1.82, 2.24) is 15.2 Å². The normalized spacial score (nSPS) is 20.1. The quantitative estimate of drug-likeness (QED) is 0.800. The number of likely N-dealkylation sites (tertiary alicyclic amines) is 1. The molecular formula is C21H31N4O2S+. The minimum Gasteiger partial charge on any atom is -0.350 e. The van der Waals surface area contributed by atoms with E-state index in [1.807, 2.05) is 39.0 Å². The molecule has 7 heteroatoms. The second-order valence-corrected chi connectivity index (χ2v) is 9.76. The summed E-state index contributed by atoms with van der Waals surface area (Å²) in [6.45, 7) is 7.27. The van der Waals surface area contributed by atoms with Gasteiger partial charge in [-0.15, -0.1) is 11.3 Å². The fourth-order valence-electron chi connectivity index (χ4n) is 3.72. The Balaban J connectivity index is 1.65. The maximum absolute atomic E-state index is 12.8. The number of benzene rings is 1. The van der Waals surface area contributed by atoms with Gasteiger partial charge in [-0.3, -0.25) is 9.59 Å². The van der Waals surface area contributed by atoms with Gasteiger partial charge in [0.25, 0.3) is 5.91 Å². The summed E-state index contributed by atoms with van der Waals surface area (Å²) in [6.07, 6.45) is 3.34. The summed E-state index contributed by atoms with van der Waals surface area (Å²) < 4.78 is 1.20. The van der Waals surface area contributed by atoms with E-state index in [0.29, 0.717) is 6.54 Å². The van der Waals surface area contributed by atoms with E-state index in [4.69, 9.17) is 4.98 Å². The van der Waals surface area contributed by atoms with Crippen molar-refractivity contribution in [2.24, 2.45) is 0 Å². The minimum atomic E-state index is -0.295. The molecule has 1 aromatic carbocycles. The molecule has 2 amide bonds. The first-order valence-corrected chi connectivity index (χ1v) is 10.8. The van der Waals surface area contributed by atoms with Gasteiger partial charge in [-0.25, -0.2) is 4.98 Å². The highest BCUT2D eigenvalue weighted by Gasteiger charge is 2.33. The number of likely N-dealkylation sites (N-methyl/N-ethyl adjacent to an activating group) is 1. The zero-order valence-corrected chi connectivity index (χ0v) is 18.1. The van der Waals surface area contributed by atoms with Crippen LogP contribution in [-0.4, -0.2) is 53.9 Å². The zero-order valence-electron chi connectivity index (χ0n) is 17.2. The van der Waals surface area contributed by atoms with E-state index in [1.165, 1.54) is 20.9 Å². The Hall–Kier alpha value is -1.99. The summed E-state index contributed by atoms with van der Waals surface area (Å²) >= 11 is 1.74. The monoisotopic (exact) mass is 403 g/mol. The van der Waals surface area contributed by atoms with Gasteiger partial charge in [0.1, 0.15) is 6.04 Å². The van der Waals surface area contributed by atoms with E-state index in [-0.39, 0.29) is 29.9 Å². The Kier molecular flexibility index (Phi) is 6.35. The van der Waals surface area contributed by atoms with Gasteiger partial charge in [-0.2, -0.15) is 0 Å². The van der Waals surface area contributed by atoms with Crippen LogP contribution >= 0.6 is 11.3 Å². The summed E-state index contributed by atoms with van der Waals surface area (Å²) in [4.78, 5) is 32.5. The number of carbonyl (C=O) groups excluding carboxylic acids is 2. The van der Waals surface area contributed by atoms with Crippen LogP contribution in [0.5, 0.6) is 0 Å². The number of hydrogen-bond acceptors (Lipinski definition) is 4. The highest BCUT2D eigenvalue weighted by atomic mass is 32.1. The third kappa shape index (κ3) is 5.29. The van der Waals surface area contributed by atoms with Crippen molar-refractivity contribution in [2.45, 2.75) is 51.6 Å². The zero-order chi connectivity index (χ0) is 20.3. The molecule has 1 aromatic heterocycles. The molecule has 1 unspecified atom stereocenters. The maximum Gasteiger partial charge on any atom is 0.277 e. The van der Waals surface area contributed by atoms with Gasteiger partial charge >= 0.3 is 0 Å². The van der Waals surface area contributed by atoms with E-state index < -0.39 is 0 Å². The second kappa shape index (κ2) is 8.57. The van der Waals surface area contributed by atoms with Gasteiger partial charge < -0.3 is 15.1 Å². The van der Waals surface area contributed by atoms with Crippen molar-refractivity contribution in [3.8, 4) is 0 Å². The van der Waals surface area contributed by atoms with Crippen LogP contribution in [0.25, 0.3) is 10.2 Å². The highest BCUT2D eigenvalue weighted by Crippen LogP contribution is 2.28. The molecule has 6 nitrogen and oxygen atoms in total. The van der Waals surface area contributed by atoms with Crippen LogP contribution in [0, 0.1) is 0 Å². The Labute approximate surface area is 170 Å². The predicted octanol–water partition coefficient (Wildman–Crippen LogP) is 1.78. The summed E-state index contributed by atoms with van der Waals surface area (Å²) in [5, 5.41) is 4.03. The third-order valence-corrected chi connectivity index (χ3v) is 6.19. The number of thiazole rings is 1. The van der Waals surface area contributed by atoms with Crippen LogP contribution < -0.4 is 10.2 Å². The largest absolute Gasteiger partial charge is 0.350 e. The lowest BCUT2D eigenvalue weighted by Gasteiger charge is -2.32. The molecule has 2 N–H and O–H groups in total. The molecule has 1 aliphatic rings. The van der Waals surface area contributed by atoms with Gasteiger partial charge in [0.15, 0.2) is 11.6 Å². The van der Waals surface area contributed by atoms with Crippen molar-refractivity contribution >= 4 is 33.4 Å². The molecule has 0 bridgehead atoms. The lowest BCUT2D eigenvalue weighted by molar-refractivity contribution is -0.929. The number of quaternary nitrogens is 1. The second-order valence-electron chi connectivity index (χ2n) is 8.70. The topological polar surface area (TPSA) is 66.7 Å². The van der Waals surface area contributed by atoms with Gasteiger partial charge in [0.05, 0.1) is 23.3 Å². The van der Waals surface area contributed by atoms with E-state index in [1.54, 1.807) is 18.4 Å². The molecule has 3 rings (SSSR count). The summed E-state index contributed by atoms with van der Waals surface area (Å²) in [5.41, 5.74) is 0.742. The number of nitrogens with zero attached hydrogens (tertiary/aromatic N) is 2. The molecule has 0 saturated carbocycles. The molecule has 1 fully saturated rings. The fourth-order valence-corrected chi connectivity index (χ4v) is 4.88. The lowest BCUT2D eigenvalue weighted by Crippen LogP contribution is -3.14. The fraction of sp³-hybridized carbons (Fsp3) is 0.571. The first-order chi connectivity index (χ1) is 13.2. The Bertz CT molecular complexity index is 809. The van der Waals surface area contributed by atoms with Gasteiger partial charge in [-0.1, -0.05) is 12.1 Å². The molecule has 0 aliphatic carbocycles. The first kappa shape index (κ1) is 20.7. The van der Waals surface area contributed by atoms with Crippen molar-refractivity contribution in [1.29, 1.82) is 0 Å². The Morgan fingerprint density at radius 3 is 2.75 bits per heavy atom. The predicted molar refractivity (Wildman–Crippen MR) is 112 cm³/mol. The van der Waals surface area contributed by atoms with Gasteiger partial charge in [0.2, 0.25) is 5.91 Å². The van der Waals surface area contributed by atoms with E-state index in [2.05, 4.69) is 11.4 Å². The third-order valence-electron chi connectivity index (χ3n) is 5.04. The lowest BCUT2D eigenvalue weighted by atomic mass is 10.0. The standard InChI is InChI=1S/C21H30N4O2S/c1-21(2,3)23-18(26)13-24(4)19(27)14-25-12-8-7-10-16(25)20-22-15-9-5-6-11-17(15)28-20/h5-6,9,11,16H,7-8,10,12-14H2,1-4H3,(H,23,26)/p+1/t16-/m1/s1. The number of piperidine rings is 1.